The lowest BCUT2D eigenvalue weighted by Crippen LogP contribution is -2.34. The molecule has 0 spiro atoms. The summed E-state index contributed by atoms with van der Waals surface area (Å²) in [5.41, 5.74) is 2.08. The number of hydrogen-bond acceptors (Lipinski definition) is 3. The largest absolute Gasteiger partial charge is 0.315 e. The van der Waals surface area contributed by atoms with Crippen molar-refractivity contribution in [1.82, 2.24) is 19.9 Å². The van der Waals surface area contributed by atoms with Gasteiger partial charge in [-0.05, 0) is 31.5 Å². The third kappa shape index (κ3) is 2.25. The molecule has 0 bridgehead atoms. The molecule has 3 rings (SSSR count). The topological polar surface area (TPSA) is 42.7 Å². The van der Waals surface area contributed by atoms with Gasteiger partial charge in [0.15, 0.2) is 5.65 Å². The summed E-state index contributed by atoms with van der Waals surface area (Å²) in [6, 6.07) is 4.50. The molecule has 1 atom stereocenters. The van der Waals surface area contributed by atoms with Crippen LogP contribution in [-0.2, 0) is 5.41 Å². The summed E-state index contributed by atoms with van der Waals surface area (Å²) >= 11 is 0. The predicted molar refractivity (Wildman–Crippen MR) is 77.4 cm³/mol. The molecule has 2 aromatic heterocycles. The lowest BCUT2D eigenvalue weighted by Gasteiger charge is -2.29. The maximum atomic E-state index is 4.83. The highest BCUT2D eigenvalue weighted by molar-refractivity contribution is 5.71. The first-order chi connectivity index (χ1) is 9.07. The van der Waals surface area contributed by atoms with E-state index in [1.54, 1.807) is 0 Å². The lowest BCUT2D eigenvalue weighted by atomic mass is 9.94. The highest BCUT2D eigenvalue weighted by Gasteiger charge is 2.28. The molecule has 1 aliphatic heterocycles. The molecule has 1 N–H and O–H groups in total. The standard InChI is InChI=1S/C15H22N4/c1-15(2,3)14-18-12-7-5-9-17-13(12)19(14)11-6-4-8-16-10-11/h5,7,9,11,16H,4,6,8,10H2,1-3H3. The first kappa shape index (κ1) is 12.6. The van der Waals surface area contributed by atoms with Crippen LogP contribution < -0.4 is 5.32 Å². The van der Waals surface area contributed by atoms with Crippen LogP contribution >= 0.6 is 0 Å². The first-order valence-corrected chi connectivity index (χ1v) is 7.11. The molecule has 102 valence electrons. The third-order valence-corrected chi connectivity index (χ3v) is 3.76. The quantitative estimate of drug-likeness (QED) is 0.855. The minimum Gasteiger partial charge on any atom is -0.315 e. The second-order valence-corrected chi connectivity index (χ2v) is 6.40. The maximum absolute atomic E-state index is 4.83. The summed E-state index contributed by atoms with van der Waals surface area (Å²) in [6.07, 6.45) is 4.29. The lowest BCUT2D eigenvalue weighted by molar-refractivity contribution is 0.352. The fourth-order valence-electron chi connectivity index (χ4n) is 2.86. The molecule has 19 heavy (non-hydrogen) atoms. The molecule has 1 fully saturated rings. The van der Waals surface area contributed by atoms with Gasteiger partial charge in [0.2, 0.25) is 0 Å². The highest BCUT2D eigenvalue weighted by atomic mass is 15.2. The molecule has 0 amide bonds. The molecular weight excluding hydrogens is 236 g/mol. The van der Waals surface area contributed by atoms with Crippen LogP contribution in [0.1, 0.15) is 45.5 Å². The SMILES string of the molecule is CC(C)(C)c1nc2cccnc2n1C1CCCNC1. The number of nitrogens with zero attached hydrogens (tertiary/aromatic N) is 3. The van der Waals surface area contributed by atoms with Crippen LogP contribution in [0.2, 0.25) is 0 Å². The number of imidazole rings is 1. The van der Waals surface area contributed by atoms with Gasteiger partial charge in [0.1, 0.15) is 11.3 Å². The van der Waals surface area contributed by atoms with Crippen LogP contribution in [0.25, 0.3) is 11.2 Å². The van der Waals surface area contributed by atoms with Crippen molar-refractivity contribution in [2.45, 2.75) is 45.1 Å². The summed E-state index contributed by atoms with van der Waals surface area (Å²) < 4.78 is 2.36. The van der Waals surface area contributed by atoms with Gasteiger partial charge >= 0.3 is 0 Å². The molecule has 3 heterocycles. The Morgan fingerprint density at radius 1 is 1.37 bits per heavy atom. The van der Waals surface area contributed by atoms with Gasteiger partial charge in [-0.2, -0.15) is 0 Å². The fourth-order valence-corrected chi connectivity index (χ4v) is 2.86. The average Bonchev–Trinajstić information content (AvgIpc) is 2.79. The van der Waals surface area contributed by atoms with Crippen molar-refractivity contribution in [2.75, 3.05) is 13.1 Å². The Bertz CT molecular complexity index is 573. The van der Waals surface area contributed by atoms with E-state index in [2.05, 4.69) is 41.7 Å². The molecule has 0 aromatic carbocycles. The summed E-state index contributed by atoms with van der Waals surface area (Å²) in [7, 11) is 0. The zero-order valence-electron chi connectivity index (χ0n) is 12.0. The molecular formula is C15H22N4. The van der Waals surface area contributed by atoms with Crippen LogP contribution in [-0.4, -0.2) is 27.6 Å². The Hall–Kier alpha value is -1.42. The second-order valence-electron chi connectivity index (χ2n) is 6.40. The molecule has 2 aromatic rings. The van der Waals surface area contributed by atoms with Gasteiger partial charge in [-0.25, -0.2) is 9.97 Å². The summed E-state index contributed by atoms with van der Waals surface area (Å²) in [5.74, 6) is 1.15. The average molecular weight is 258 g/mol. The zero-order chi connectivity index (χ0) is 13.5. The molecule has 0 saturated carbocycles. The van der Waals surface area contributed by atoms with Gasteiger partial charge in [0.25, 0.3) is 0 Å². The highest BCUT2D eigenvalue weighted by Crippen LogP contribution is 2.30. The van der Waals surface area contributed by atoms with E-state index in [4.69, 9.17) is 4.98 Å². The normalized spacial score (nSPS) is 20.9. The number of piperidine rings is 1. The fraction of sp³-hybridized carbons (Fsp3) is 0.600. The number of fused-ring (bicyclic) bond motifs is 1. The van der Waals surface area contributed by atoms with Gasteiger partial charge in [0, 0.05) is 24.2 Å². The zero-order valence-corrected chi connectivity index (χ0v) is 12.0. The van der Waals surface area contributed by atoms with E-state index in [0.717, 1.165) is 30.1 Å². The number of nitrogens with one attached hydrogen (secondary N) is 1. The van der Waals surface area contributed by atoms with Gasteiger partial charge in [-0.3, -0.25) is 0 Å². The summed E-state index contributed by atoms with van der Waals surface area (Å²) in [4.78, 5) is 9.40. The van der Waals surface area contributed by atoms with E-state index >= 15 is 0 Å². The molecule has 4 nitrogen and oxygen atoms in total. The molecule has 1 unspecified atom stereocenters. The van der Waals surface area contributed by atoms with E-state index in [9.17, 15) is 0 Å². The van der Waals surface area contributed by atoms with Crippen molar-refractivity contribution in [3.8, 4) is 0 Å². The Labute approximate surface area is 114 Å². The van der Waals surface area contributed by atoms with Crippen molar-refractivity contribution >= 4 is 11.2 Å². The van der Waals surface area contributed by atoms with E-state index in [1.165, 1.54) is 12.8 Å². The Kier molecular flexibility index (Phi) is 3.05. The van der Waals surface area contributed by atoms with Crippen LogP contribution in [0.5, 0.6) is 0 Å². The molecule has 1 aliphatic rings. The Balaban J connectivity index is 2.18. The van der Waals surface area contributed by atoms with Crippen LogP contribution in [0.15, 0.2) is 18.3 Å². The van der Waals surface area contributed by atoms with Crippen molar-refractivity contribution in [3.63, 3.8) is 0 Å². The minimum atomic E-state index is 0.0398. The van der Waals surface area contributed by atoms with Crippen molar-refractivity contribution in [2.24, 2.45) is 0 Å². The maximum Gasteiger partial charge on any atom is 0.160 e. The van der Waals surface area contributed by atoms with Crippen molar-refractivity contribution in [3.05, 3.63) is 24.2 Å². The van der Waals surface area contributed by atoms with Crippen LogP contribution in [0, 0.1) is 0 Å². The first-order valence-electron chi connectivity index (χ1n) is 7.11. The monoisotopic (exact) mass is 258 g/mol. The minimum absolute atomic E-state index is 0.0398. The molecule has 0 aliphatic carbocycles. The summed E-state index contributed by atoms with van der Waals surface area (Å²) in [6.45, 7) is 8.81. The predicted octanol–water partition coefficient (Wildman–Crippen LogP) is 2.65. The number of rotatable bonds is 1. The Morgan fingerprint density at radius 2 is 2.21 bits per heavy atom. The second kappa shape index (κ2) is 4.60. The smallest absolute Gasteiger partial charge is 0.160 e. The van der Waals surface area contributed by atoms with E-state index < -0.39 is 0 Å². The number of hydrogen-bond donors (Lipinski definition) is 1. The van der Waals surface area contributed by atoms with Crippen LogP contribution in [0.4, 0.5) is 0 Å². The molecule has 1 saturated heterocycles. The number of aromatic nitrogens is 3. The van der Waals surface area contributed by atoms with Crippen molar-refractivity contribution < 1.29 is 0 Å². The van der Waals surface area contributed by atoms with Crippen LogP contribution in [0.3, 0.4) is 0 Å². The summed E-state index contributed by atoms with van der Waals surface area (Å²) in [5, 5.41) is 3.49. The van der Waals surface area contributed by atoms with Gasteiger partial charge in [0.05, 0.1) is 0 Å². The molecule has 0 radical (unpaired) electrons. The van der Waals surface area contributed by atoms with E-state index in [1.807, 2.05) is 12.3 Å². The molecule has 4 heteroatoms. The van der Waals surface area contributed by atoms with Gasteiger partial charge < -0.3 is 9.88 Å². The third-order valence-electron chi connectivity index (χ3n) is 3.76. The van der Waals surface area contributed by atoms with E-state index in [-0.39, 0.29) is 5.41 Å². The van der Waals surface area contributed by atoms with Crippen molar-refractivity contribution in [1.29, 1.82) is 0 Å². The number of pyridine rings is 1. The van der Waals surface area contributed by atoms with E-state index in [0.29, 0.717) is 6.04 Å². The van der Waals surface area contributed by atoms with Gasteiger partial charge in [-0.15, -0.1) is 0 Å². The van der Waals surface area contributed by atoms with Gasteiger partial charge in [-0.1, -0.05) is 20.8 Å². The Morgan fingerprint density at radius 3 is 2.89 bits per heavy atom.